The van der Waals surface area contributed by atoms with Gasteiger partial charge in [-0.3, -0.25) is 4.79 Å². The van der Waals surface area contributed by atoms with Gasteiger partial charge in [-0.15, -0.1) is 0 Å². The second kappa shape index (κ2) is 8.94. The first-order valence-electron chi connectivity index (χ1n) is 8.80. The monoisotopic (exact) mass is 383 g/mol. The summed E-state index contributed by atoms with van der Waals surface area (Å²) in [5.41, 5.74) is 1.01. The fourth-order valence-electron chi connectivity index (χ4n) is 3.05. The molecule has 1 aromatic carbocycles. The van der Waals surface area contributed by atoms with Crippen LogP contribution in [0.1, 0.15) is 19.4 Å². The Morgan fingerprint density at radius 1 is 1.27 bits per heavy atom. The van der Waals surface area contributed by atoms with Crippen LogP contribution in [0.4, 0.5) is 0 Å². The first-order chi connectivity index (χ1) is 12.2. The largest absolute Gasteiger partial charge is 0.367 e. The summed E-state index contributed by atoms with van der Waals surface area (Å²) in [7, 11) is -0.560. The Kier molecular flexibility index (Phi) is 7.16. The number of hydrogen-bond donors (Lipinski definition) is 1. The van der Waals surface area contributed by atoms with Crippen molar-refractivity contribution in [1.82, 2.24) is 13.9 Å². The first kappa shape index (κ1) is 20.8. The Labute approximate surface area is 156 Å². The van der Waals surface area contributed by atoms with Gasteiger partial charge in [0.25, 0.3) is 10.2 Å². The minimum Gasteiger partial charge on any atom is -0.367 e. The van der Waals surface area contributed by atoms with Gasteiger partial charge in [-0.05, 0) is 17.4 Å². The summed E-state index contributed by atoms with van der Waals surface area (Å²) in [6, 6.07) is 9.38. The van der Waals surface area contributed by atoms with Crippen molar-refractivity contribution < 1.29 is 17.9 Å². The quantitative estimate of drug-likeness (QED) is 0.729. The van der Waals surface area contributed by atoms with Gasteiger partial charge in [-0.25, -0.2) is 0 Å². The highest BCUT2D eigenvalue weighted by Gasteiger charge is 2.39. The Morgan fingerprint density at radius 2 is 1.92 bits per heavy atom. The lowest BCUT2D eigenvalue weighted by Gasteiger charge is -2.24. The maximum atomic E-state index is 12.5. The van der Waals surface area contributed by atoms with E-state index in [0.29, 0.717) is 19.7 Å². The molecule has 0 spiro atoms. The third-order valence-electron chi connectivity index (χ3n) is 4.69. The van der Waals surface area contributed by atoms with Crippen LogP contribution in [0.5, 0.6) is 0 Å². The molecule has 2 atom stereocenters. The number of rotatable bonds is 8. The van der Waals surface area contributed by atoms with Crippen molar-refractivity contribution in [2.24, 2.45) is 11.8 Å². The Bertz CT molecular complexity index is 692. The van der Waals surface area contributed by atoms with Crippen LogP contribution in [0.15, 0.2) is 30.3 Å². The van der Waals surface area contributed by atoms with Crippen molar-refractivity contribution in [2.45, 2.75) is 26.5 Å². The molecule has 0 radical (unpaired) electrons. The molecule has 146 valence electrons. The van der Waals surface area contributed by atoms with E-state index < -0.39 is 10.2 Å². The molecular weight excluding hydrogens is 354 g/mol. The van der Waals surface area contributed by atoms with Gasteiger partial charge < -0.3 is 9.64 Å². The molecule has 7 nitrogen and oxygen atoms in total. The van der Waals surface area contributed by atoms with Crippen LogP contribution in [0.25, 0.3) is 0 Å². The van der Waals surface area contributed by atoms with Crippen molar-refractivity contribution in [3.8, 4) is 0 Å². The molecule has 0 saturated carbocycles. The number of hydrogen-bond acceptors (Lipinski definition) is 4. The molecule has 2 rings (SSSR count). The van der Waals surface area contributed by atoms with E-state index in [1.807, 2.05) is 44.2 Å². The number of nitrogens with one attached hydrogen (secondary N) is 1. The molecule has 2 unspecified atom stereocenters. The zero-order chi connectivity index (χ0) is 19.3. The molecule has 1 saturated heterocycles. The molecule has 1 fully saturated rings. The predicted molar refractivity (Wildman–Crippen MR) is 101 cm³/mol. The zero-order valence-electron chi connectivity index (χ0n) is 15.9. The highest BCUT2D eigenvalue weighted by atomic mass is 32.2. The summed E-state index contributed by atoms with van der Waals surface area (Å²) in [5.74, 6) is 0.217. The second-order valence-corrected chi connectivity index (χ2v) is 9.11. The highest BCUT2D eigenvalue weighted by molar-refractivity contribution is 7.87. The fraction of sp³-hybridized carbons (Fsp3) is 0.611. The summed E-state index contributed by atoms with van der Waals surface area (Å²) >= 11 is 0. The van der Waals surface area contributed by atoms with E-state index in [1.54, 1.807) is 4.90 Å². The topological polar surface area (TPSA) is 79.0 Å². The van der Waals surface area contributed by atoms with Crippen molar-refractivity contribution in [3.63, 3.8) is 0 Å². The number of benzene rings is 1. The average Bonchev–Trinajstić information content (AvgIpc) is 2.99. The molecule has 1 heterocycles. The van der Waals surface area contributed by atoms with Crippen LogP contribution in [-0.2, 0) is 26.3 Å². The number of carbonyl (C=O) groups excluding carboxylic acids is 1. The Balaban J connectivity index is 1.92. The average molecular weight is 384 g/mol. The van der Waals surface area contributed by atoms with Crippen LogP contribution in [0.2, 0.25) is 0 Å². The van der Waals surface area contributed by atoms with E-state index in [4.69, 9.17) is 4.74 Å². The van der Waals surface area contributed by atoms with Crippen molar-refractivity contribution in [1.29, 1.82) is 0 Å². The van der Waals surface area contributed by atoms with E-state index in [2.05, 4.69) is 4.72 Å². The van der Waals surface area contributed by atoms with E-state index in [1.165, 1.54) is 14.1 Å². The number of ether oxygens (including phenoxy) is 1. The predicted octanol–water partition coefficient (Wildman–Crippen LogP) is 1.08. The lowest BCUT2D eigenvalue weighted by atomic mass is 9.92. The van der Waals surface area contributed by atoms with E-state index in [-0.39, 0.29) is 30.4 Å². The molecule has 1 aliphatic rings. The Hall–Kier alpha value is -1.48. The fourth-order valence-corrected chi connectivity index (χ4v) is 3.89. The van der Waals surface area contributed by atoms with Crippen LogP contribution >= 0.6 is 0 Å². The molecule has 0 aliphatic carbocycles. The highest BCUT2D eigenvalue weighted by Crippen LogP contribution is 2.25. The van der Waals surface area contributed by atoms with Gasteiger partial charge in [0.05, 0.1) is 6.61 Å². The molecule has 1 N–H and O–H groups in total. The van der Waals surface area contributed by atoms with Gasteiger partial charge in [0.2, 0.25) is 5.91 Å². The smallest absolute Gasteiger partial charge is 0.279 e. The van der Waals surface area contributed by atoms with Gasteiger partial charge in [0.15, 0.2) is 0 Å². The lowest BCUT2D eigenvalue weighted by molar-refractivity contribution is -0.135. The zero-order valence-corrected chi connectivity index (χ0v) is 16.7. The summed E-state index contributed by atoms with van der Waals surface area (Å²) in [5, 5.41) is 0. The Morgan fingerprint density at radius 3 is 2.50 bits per heavy atom. The summed E-state index contributed by atoms with van der Waals surface area (Å²) in [4.78, 5) is 14.2. The van der Waals surface area contributed by atoms with E-state index in [0.717, 1.165) is 9.87 Å². The van der Waals surface area contributed by atoms with Gasteiger partial charge in [0, 0.05) is 33.2 Å². The molecule has 1 aliphatic heterocycles. The minimum atomic E-state index is -3.54. The molecule has 8 heteroatoms. The van der Waals surface area contributed by atoms with Crippen molar-refractivity contribution in [3.05, 3.63) is 35.9 Å². The van der Waals surface area contributed by atoms with E-state index >= 15 is 0 Å². The SMILES string of the molecule is CC(C)C1CN(C(=O)COCc2ccccc2)CC1NS(=O)(=O)N(C)C. The maximum absolute atomic E-state index is 12.5. The molecular formula is C18H29N3O4S. The third kappa shape index (κ3) is 5.51. The molecule has 0 bridgehead atoms. The number of amides is 1. The molecule has 1 amide bonds. The van der Waals surface area contributed by atoms with Crippen LogP contribution in [-0.4, -0.2) is 63.4 Å². The first-order valence-corrected chi connectivity index (χ1v) is 10.2. The van der Waals surface area contributed by atoms with Crippen LogP contribution < -0.4 is 4.72 Å². The number of nitrogens with zero attached hydrogens (tertiary/aromatic N) is 2. The standard InChI is InChI=1S/C18H29N3O4S/c1-14(2)16-10-21(11-17(16)19-26(23,24)20(3)4)18(22)13-25-12-15-8-6-5-7-9-15/h5-9,14,16-17,19H,10-13H2,1-4H3. The van der Waals surface area contributed by atoms with Gasteiger partial charge in [-0.2, -0.15) is 17.4 Å². The summed E-state index contributed by atoms with van der Waals surface area (Å²) in [6.45, 7) is 5.36. The maximum Gasteiger partial charge on any atom is 0.279 e. The normalized spacial score (nSPS) is 20.9. The van der Waals surface area contributed by atoms with Gasteiger partial charge >= 0.3 is 0 Å². The molecule has 26 heavy (non-hydrogen) atoms. The second-order valence-electron chi connectivity index (χ2n) is 7.20. The minimum absolute atomic E-state index is 0.00708. The van der Waals surface area contributed by atoms with E-state index in [9.17, 15) is 13.2 Å². The lowest BCUT2D eigenvalue weighted by Crippen LogP contribution is -2.47. The van der Waals surface area contributed by atoms with Gasteiger partial charge in [-0.1, -0.05) is 44.2 Å². The number of likely N-dealkylation sites (tertiary alicyclic amines) is 1. The number of carbonyl (C=O) groups is 1. The summed E-state index contributed by atoms with van der Waals surface area (Å²) < 4.78 is 33.7. The molecule has 1 aromatic rings. The van der Waals surface area contributed by atoms with Gasteiger partial charge in [0.1, 0.15) is 6.61 Å². The van der Waals surface area contributed by atoms with Crippen LogP contribution in [0, 0.1) is 11.8 Å². The molecule has 0 aromatic heterocycles. The summed E-state index contributed by atoms with van der Waals surface area (Å²) in [6.07, 6.45) is 0. The van der Waals surface area contributed by atoms with Crippen molar-refractivity contribution >= 4 is 16.1 Å². The van der Waals surface area contributed by atoms with Crippen LogP contribution in [0.3, 0.4) is 0 Å². The third-order valence-corrected chi connectivity index (χ3v) is 6.25. The van der Waals surface area contributed by atoms with Crippen molar-refractivity contribution in [2.75, 3.05) is 33.8 Å².